The largest absolute Gasteiger partial charge is 0.369 e. The lowest BCUT2D eigenvalue weighted by Crippen LogP contribution is -2.28. The number of hydrogen-bond donors (Lipinski definition) is 1. The van der Waals surface area contributed by atoms with E-state index in [0.717, 1.165) is 37.0 Å². The Bertz CT molecular complexity index is 394. The Balaban J connectivity index is 2.08. The van der Waals surface area contributed by atoms with Crippen LogP contribution in [0.2, 0.25) is 0 Å². The van der Waals surface area contributed by atoms with Gasteiger partial charge in [-0.25, -0.2) is 4.98 Å². The van der Waals surface area contributed by atoms with E-state index in [4.69, 9.17) is 0 Å². The Labute approximate surface area is 114 Å². The van der Waals surface area contributed by atoms with Crippen molar-refractivity contribution in [2.24, 2.45) is 0 Å². The predicted octanol–water partition coefficient (Wildman–Crippen LogP) is 2.63. The maximum Gasteiger partial charge on any atom is 0.149 e. The summed E-state index contributed by atoms with van der Waals surface area (Å²) in [5.41, 5.74) is 0. The molecular formula is C13H22N4S. The molecule has 2 heterocycles. The molecule has 4 nitrogen and oxygen atoms in total. The van der Waals surface area contributed by atoms with E-state index in [1.54, 1.807) is 6.20 Å². The molecule has 1 aromatic heterocycles. The van der Waals surface area contributed by atoms with Gasteiger partial charge in [-0.05, 0) is 13.3 Å². The fraction of sp³-hybridized carbons (Fsp3) is 0.692. The SMILES string of the molecule is CCNc1cncc(N2CCSC(C)(C)CC2)n1. The van der Waals surface area contributed by atoms with Crippen LogP contribution in [0.3, 0.4) is 0 Å². The third-order valence-electron chi connectivity index (χ3n) is 3.14. The number of aromatic nitrogens is 2. The molecule has 1 aromatic rings. The molecule has 0 saturated carbocycles. The molecule has 1 fully saturated rings. The first-order valence-corrected chi connectivity index (χ1v) is 7.54. The molecule has 0 spiro atoms. The van der Waals surface area contributed by atoms with E-state index >= 15 is 0 Å². The average molecular weight is 266 g/mol. The molecule has 1 aliphatic rings. The second-order valence-electron chi connectivity index (χ2n) is 5.14. The van der Waals surface area contributed by atoms with Gasteiger partial charge in [0.2, 0.25) is 0 Å². The van der Waals surface area contributed by atoms with Crippen molar-refractivity contribution >= 4 is 23.4 Å². The summed E-state index contributed by atoms with van der Waals surface area (Å²) in [6.45, 7) is 9.70. The highest BCUT2D eigenvalue weighted by Gasteiger charge is 2.24. The van der Waals surface area contributed by atoms with E-state index < -0.39 is 0 Å². The van der Waals surface area contributed by atoms with Crippen LogP contribution < -0.4 is 10.2 Å². The number of nitrogens with one attached hydrogen (secondary N) is 1. The lowest BCUT2D eigenvalue weighted by Gasteiger charge is -2.23. The normalized spacial score (nSPS) is 19.4. The zero-order valence-electron chi connectivity index (χ0n) is 11.4. The first-order chi connectivity index (χ1) is 8.61. The summed E-state index contributed by atoms with van der Waals surface area (Å²) in [6, 6.07) is 0. The number of thioether (sulfide) groups is 1. The van der Waals surface area contributed by atoms with Crippen molar-refractivity contribution in [3.05, 3.63) is 12.4 Å². The van der Waals surface area contributed by atoms with Gasteiger partial charge in [-0.3, -0.25) is 4.98 Å². The smallest absolute Gasteiger partial charge is 0.149 e. The van der Waals surface area contributed by atoms with Crippen LogP contribution >= 0.6 is 11.8 Å². The lowest BCUT2D eigenvalue weighted by molar-refractivity contribution is 0.634. The molecule has 2 rings (SSSR count). The zero-order valence-corrected chi connectivity index (χ0v) is 12.3. The lowest BCUT2D eigenvalue weighted by atomic mass is 10.1. The fourth-order valence-corrected chi connectivity index (χ4v) is 3.12. The van der Waals surface area contributed by atoms with Gasteiger partial charge in [-0.2, -0.15) is 11.8 Å². The standard InChI is InChI=1S/C13H22N4S/c1-4-15-11-9-14-10-12(16-11)17-6-5-13(2,3)18-8-7-17/h9-10H,4-8H2,1-3H3,(H,15,16). The van der Waals surface area contributed by atoms with Crippen molar-refractivity contribution in [3.8, 4) is 0 Å². The van der Waals surface area contributed by atoms with Gasteiger partial charge in [0.25, 0.3) is 0 Å². The maximum atomic E-state index is 4.62. The molecule has 1 saturated heterocycles. The Morgan fingerprint density at radius 1 is 1.39 bits per heavy atom. The average Bonchev–Trinajstić information content (AvgIpc) is 2.51. The first kappa shape index (κ1) is 13.5. The van der Waals surface area contributed by atoms with Gasteiger partial charge in [0.1, 0.15) is 11.6 Å². The Morgan fingerprint density at radius 3 is 3.00 bits per heavy atom. The topological polar surface area (TPSA) is 41.1 Å². The third kappa shape index (κ3) is 3.51. The van der Waals surface area contributed by atoms with E-state index in [1.165, 1.54) is 6.42 Å². The Morgan fingerprint density at radius 2 is 2.22 bits per heavy atom. The Kier molecular flexibility index (Phi) is 4.32. The first-order valence-electron chi connectivity index (χ1n) is 6.55. The second kappa shape index (κ2) is 5.78. The molecule has 5 heteroatoms. The molecule has 18 heavy (non-hydrogen) atoms. The summed E-state index contributed by atoms with van der Waals surface area (Å²) in [6.07, 6.45) is 4.83. The molecule has 0 unspecified atom stereocenters. The summed E-state index contributed by atoms with van der Waals surface area (Å²) < 4.78 is 0.376. The van der Waals surface area contributed by atoms with E-state index in [-0.39, 0.29) is 0 Å². The van der Waals surface area contributed by atoms with Crippen LogP contribution in [0.15, 0.2) is 12.4 Å². The van der Waals surface area contributed by atoms with Crippen molar-refractivity contribution in [2.45, 2.75) is 31.9 Å². The van der Waals surface area contributed by atoms with Crippen LogP contribution in [-0.2, 0) is 0 Å². The molecule has 1 N–H and O–H groups in total. The van der Waals surface area contributed by atoms with Crippen LogP contribution in [0.25, 0.3) is 0 Å². The van der Waals surface area contributed by atoms with Crippen LogP contribution in [0.5, 0.6) is 0 Å². The molecule has 0 amide bonds. The van der Waals surface area contributed by atoms with E-state index in [9.17, 15) is 0 Å². The van der Waals surface area contributed by atoms with E-state index in [2.05, 4.69) is 41.0 Å². The van der Waals surface area contributed by atoms with E-state index in [1.807, 2.05) is 18.0 Å². The summed E-state index contributed by atoms with van der Waals surface area (Å²) in [5, 5.41) is 3.21. The minimum Gasteiger partial charge on any atom is -0.369 e. The van der Waals surface area contributed by atoms with Crippen LogP contribution in [0.4, 0.5) is 11.6 Å². The molecule has 0 aliphatic carbocycles. The van der Waals surface area contributed by atoms with Crippen LogP contribution in [0.1, 0.15) is 27.2 Å². The monoisotopic (exact) mass is 266 g/mol. The van der Waals surface area contributed by atoms with Gasteiger partial charge in [0, 0.05) is 30.1 Å². The maximum absolute atomic E-state index is 4.62. The van der Waals surface area contributed by atoms with Crippen molar-refractivity contribution in [1.29, 1.82) is 0 Å². The third-order valence-corrected chi connectivity index (χ3v) is 4.51. The molecule has 0 bridgehead atoms. The Hall–Kier alpha value is -0.970. The van der Waals surface area contributed by atoms with Gasteiger partial charge in [0.05, 0.1) is 12.4 Å². The number of anilines is 2. The van der Waals surface area contributed by atoms with Crippen LogP contribution in [-0.4, -0.2) is 40.1 Å². The van der Waals surface area contributed by atoms with Gasteiger partial charge in [0.15, 0.2) is 0 Å². The number of rotatable bonds is 3. The molecule has 1 aliphatic heterocycles. The summed E-state index contributed by atoms with van der Waals surface area (Å²) in [4.78, 5) is 11.2. The summed E-state index contributed by atoms with van der Waals surface area (Å²) >= 11 is 2.05. The number of hydrogen-bond acceptors (Lipinski definition) is 5. The zero-order chi connectivity index (χ0) is 13.0. The highest BCUT2D eigenvalue weighted by molar-refractivity contribution is 8.00. The van der Waals surface area contributed by atoms with Crippen molar-refractivity contribution in [1.82, 2.24) is 9.97 Å². The highest BCUT2D eigenvalue weighted by Crippen LogP contribution is 2.31. The minimum absolute atomic E-state index is 0.376. The molecular weight excluding hydrogens is 244 g/mol. The van der Waals surface area contributed by atoms with Crippen molar-refractivity contribution < 1.29 is 0 Å². The van der Waals surface area contributed by atoms with Crippen molar-refractivity contribution in [2.75, 3.05) is 35.6 Å². The highest BCUT2D eigenvalue weighted by atomic mass is 32.2. The van der Waals surface area contributed by atoms with Gasteiger partial charge in [-0.1, -0.05) is 13.8 Å². The summed E-state index contributed by atoms with van der Waals surface area (Å²) in [7, 11) is 0. The fourth-order valence-electron chi connectivity index (χ4n) is 2.02. The number of nitrogens with zero attached hydrogens (tertiary/aromatic N) is 3. The minimum atomic E-state index is 0.376. The van der Waals surface area contributed by atoms with Crippen LogP contribution in [0, 0.1) is 0 Å². The molecule has 0 aromatic carbocycles. The summed E-state index contributed by atoms with van der Waals surface area (Å²) in [5.74, 6) is 3.01. The van der Waals surface area contributed by atoms with E-state index in [0.29, 0.717) is 4.75 Å². The van der Waals surface area contributed by atoms with Gasteiger partial charge < -0.3 is 10.2 Å². The second-order valence-corrected chi connectivity index (χ2v) is 6.94. The molecule has 0 atom stereocenters. The predicted molar refractivity (Wildman–Crippen MR) is 79.6 cm³/mol. The van der Waals surface area contributed by atoms with Gasteiger partial charge in [-0.15, -0.1) is 0 Å². The molecule has 100 valence electrons. The van der Waals surface area contributed by atoms with Gasteiger partial charge >= 0.3 is 0 Å². The van der Waals surface area contributed by atoms with Crippen molar-refractivity contribution in [3.63, 3.8) is 0 Å². The molecule has 0 radical (unpaired) electrons. The quantitative estimate of drug-likeness (QED) is 0.911.